The minimum absolute atomic E-state index is 0.0411. The average Bonchev–Trinajstić information content (AvgIpc) is 3.11. The number of nitrogens with two attached hydrogens (primary N) is 1. The summed E-state index contributed by atoms with van der Waals surface area (Å²) in [4.78, 5) is 2.95. The highest BCUT2D eigenvalue weighted by Crippen LogP contribution is 2.31. The van der Waals surface area contributed by atoms with Gasteiger partial charge in [0.1, 0.15) is 10.6 Å². The average molecular weight is 529 g/mol. The van der Waals surface area contributed by atoms with Gasteiger partial charge in [0.15, 0.2) is 0 Å². The third-order valence-corrected chi connectivity index (χ3v) is 7.90. The normalized spacial score (nSPS) is 12.2. The van der Waals surface area contributed by atoms with Gasteiger partial charge < -0.3 is 15.5 Å². The van der Waals surface area contributed by atoms with E-state index in [0.29, 0.717) is 21.1 Å². The summed E-state index contributed by atoms with van der Waals surface area (Å²) in [6.45, 7) is 3.31. The van der Waals surface area contributed by atoms with E-state index in [1.54, 1.807) is 18.2 Å². The molecule has 0 aliphatic carbocycles. The zero-order valence-electron chi connectivity index (χ0n) is 16.5. The highest BCUT2D eigenvalue weighted by atomic mass is 79.9. The first kappa shape index (κ1) is 23.3. The topological polar surface area (TPSA) is 143 Å². The van der Waals surface area contributed by atoms with Crippen LogP contribution in [0.15, 0.2) is 63.3 Å². The lowest BCUT2D eigenvalue weighted by atomic mass is 10.2. The Morgan fingerprint density at radius 2 is 1.68 bits per heavy atom. The SMILES string of the molecule is C=C(N)c1[nH]c2ccc(Br)cc2c1S(=O)(=O)NCCNS(=O)(=O)c1ccc(OC)cc1. The molecule has 2 aromatic carbocycles. The summed E-state index contributed by atoms with van der Waals surface area (Å²) in [7, 11) is -6.35. The lowest BCUT2D eigenvalue weighted by Gasteiger charge is -2.10. The molecule has 3 rings (SSSR count). The third-order valence-electron chi connectivity index (χ3n) is 4.38. The molecule has 0 saturated heterocycles. The van der Waals surface area contributed by atoms with Crippen LogP contribution in [0.1, 0.15) is 5.69 Å². The molecular weight excluding hydrogens is 508 g/mol. The monoisotopic (exact) mass is 528 g/mol. The minimum atomic E-state index is -4.02. The van der Waals surface area contributed by atoms with Crippen LogP contribution in [-0.4, -0.2) is 42.0 Å². The molecule has 0 aliphatic rings. The van der Waals surface area contributed by atoms with Crippen molar-refractivity contribution in [3.8, 4) is 5.75 Å². The highest BCUT2D eigenvalue weighted by molar-refractivity contribution is 9.10. The van der Waals surface area contributed by atoms with Crippen molar-refractivity contribution in [3.05, 3.63) is 59.2 Å². The molecule has 0 amide bonds. The predicted octanol–water partition coefficient (Wildman–Crippen LogP) is 2.13. The van der Waals surface area contributed by atoms with Crippen LogP contribution >= 0.6 is 15.9 Å². The first-order valence-corrected chi connectivity index (χ1v) is 12.7. The minimum Gasteiger partial charge on any atom is -0.497 e. The van der Waals surface area contributed by atoms with Gasteiger partial charge in [0, 0.05) is 34.2 Å². The van der Waals surface area contributed by atoms with Crippen LogP contribution in [0.2, 0.25) is 0 Å². The van der Waals surface area contributed by atoms with E-state index in [4.69, 9.17) is 10.5 Å². The van der Waals surface area contributed by atoms with E-state index < -0.39 is 20.0 Å². The van der Waals surface area contributed by atoms with Gasteiger partial charge in [0.25, 0.3) is 0 Å². The fourth-order valence-corrected chi connectivity index (χ4v) is 5.74. The lowest BCUT2D eigenvalue weighted by Crippen LogP contribution is -2.35. The van der Waals surface area contributed by atoms with Gasteiger partial charge in [-0.25, -0.2) is 26.3 Å². The molecule has 12 heteroatoms. The summed E-state index contributed by atoms with van der Waals surface area (Å²) in [5.41, 5.74) is 6.60. The van der Waals surface area contributed by atoms with Gasteiger partial charge in [0.2, 0.25) is 20.0 Å². The van der Waals surface area contributed by atoms with Crippen molar-refractivity contribution in [1.29, 1.82) is 0 Å². The second-order valence-electron chi connectivity index (χ2n) is 6.52. The van der Waals surface area contributed by atoms with Crippen LogP contribution in [0.4, 0.5) is 0 Å². The van der Waals surface area contributed by atoms with Crippen LogP contribution < -0.4 is 19.9 Å². The molecule has 0 unspecified atom stereocenters. The molecule has 1 heterocycles. The molecule has 5 N–H and O–H groups in total. The van der Waals surface area contributed by atoms with Crippen molar-refractivity contribution < 1.29 is 21.6 Å². The van der Waals surface area contributed by atoms with Gasteiger partial charge >= 0.3 is 0 Å². The summed E-state index contributed by atoms with van der Waals surface area (Å²) in [6.07, 6.45) is 0. The third kappa shape index (κ3) is 5.10. The van der Waals surface area contributed by atoms with Gasteiger partial charge in [-0.1, -0.05) is 22.5 Å². The fraction of sp³-hybridized carbons (Fsp3) is 0.158. The molecule has 0 saturated carbocycles. The molecule has 1 aromatic heterocycles. The van der Waals surface area contributed by atoms with Gasteiger partial charge in [-0.05, 0) is 42.5 Å². The van der Waals surface area contributed by atoms with E-state index >= 15 is 0 Å². The molecule has 0 radical (unpaired) electrons. The van der Waals surface area contributed by atoms with E-state index in [1.807, 2.05) is 0 Å². The molecule has 9 nitrogen and oxygen atoms in total. The molecule has 0 spiro atoms. The number of ether oxygens (including phenoxy) is 1. The number of nitrogens with one attached hydrogen (secondary N) is 3. The van der Waals surface area contributed by atoms with E-state index in [0.717, 1.165) is 0 Å². The smallest absolute Gasteiger partial charge is 0.243 e. The first-order valence-electron chi connectivity index (χ1n) is 8.94. The zero-order chi connectivity index (χ0) is 22.8. The van der Waals surface area contributed by atoms with Crippen molar-refractivity contribution in [2.45, 2.75) is 9.79 Å². The first-order chi connectivity index (χ1) is 14.5. The number of H-pyrrole nitrogens is 1. The standard InChI is InChI=1S/C19H21BrN4O5S2/c1-12(21)18-19(16-11-13(20)3-8-17(16)24-18)31(27,28)23-10-9-22-30(25,26)15-6-4-14(29-2)5-7-15/h3-8,11,22-24H,1,9-10,21H2,2H3. The van der Waals surface area contributed by atoms with Crippen molar-refractivity contribution >= 4 is 52.6 Å². The van der Waals surface area contributed by atoms with E-state index in [9.17, 15) is 16.8 Å². The molecule has 166 valence electrons. The van der Waals surface area contributed by atoms with Crippen molar-refractivity contribution in [3.63, 3.8) is 0 Å². The van der Waals surface area contributed by atoms with Gasteiger partial charge in [-0.15, -0.1) is 0 Å². The second-order valence-corrected chi connectivity index (χ2v) is 10.9. The summed E-state index contributed by atoms with van der Waals surface area (Å²) in [5.74, 6) is 0.523. The Labute approximate surface area is 188 Å². The number of hydrogen-bond acceptors (Lipinski definition) is 6. The van der Waals surface area contributed by atoms with Gasteiger partial charge in [0.05, 0.1) is 17.7 Å². The van der Waals surface area contributed by atoms with Crippen LogP contribution in [-0.2, 0) is 20.0 Å². The van der Waals surface area contributed by atoms with E-state index in [2.05, 4.69) is 36.9 Å². The van der Waals surface area contributed by atoms with Crippen molar-refractivity contribution in [2.75, 3.05) is 20.2 Å². The van der Waals surface area contributed by atoms with Crippen LogP contribution in [0.3, 0.4) is 0 Å². The van der Waals surface area contributed by atoms with Crippen molar-refractivity contribution in [1.82, 2.24) is 14.4 Å². The lowest BCUT2D eigenvalue weighted by molar-refractivity contribution is 0.414. The maximum absolute atomic E-state index is 13.0. The summed E-state index contributed by atoms with van der Waals surface area (Å²) in [6, 6.07) is 11.0. The number of sulfonamides is 2. The van der Waals surface area contributed by atoms with Crippen LogP contribution in [0.25, 0.3) is 16.6 Å². The summed E-state index contributed by atoms with van der Waals surface area (Å²) in [5, 5.41) is 0.433. The molecule has 0 aliphatic heterocycles. The van der Waals surface area contributed by atoms with Crippen molar-refractivity contribution in [2.24, 2.45) is 5.73 Å². The Hall–Kier alpha value is -2.38. The summed E-state index contributed by atoms with van der Waals surface area (Å²) < 4.78 is 61.2. The Balaban J connectivity index is 1.75. The Kier molecular flexibility index (Phi) is 6.76. The molecule has 3 aromatic rings. The Morgan fingerprint density at radius 3 is 2.26 bits per heavy atom. The number of fused-ring (bicyclic) bond motifs is 1. The number of methoxy groups -OCH3 is 1. The largest absolute Gasteiger partial charge is 0.497 e. The zero-order valence-corrected chi connectivity index (χ0v) is 19.7. The molecular formula is C19H21BrN4O5S2. The number of benzene rings is 2. The molecule has 0 fully saturated rings. The number of hydrogen-bond donors (Lipinski definition) is 4. The van der Waals surface area contributed by atoms with Crippen LogP contribution in [0.5, 0.6) is 5.75 Å². The van der Waals surface area contributed by atoms with Gasteiger partial charge in [-0.2, -0.15) is 0 Å². The van der Waals surface area contributed by atoms with E-state index in [-0.39, 0.29) is 34.3 Å². The second kappa shape index (κ2) is 9.01. The Bertz CT molecular complexity index is 1330. The maximum atomic E-state index is 13.0. The predicted molar refractivity (Wildman–Crippen MR) is 123 cm³/mol. The number of rotatable bonds is 9. The van der Waals surface area contributed by atoms with Crippen LogP contribution in [0, 0.1) is 0 Å². The summed E-state index contributed by atoms with van der Waals surface area (Å²) >= 11 is 3.33. The Morgan fingerprint density at radius 1 is 1.06 bits per heavy atom. The molecule has 31 heavy (non-hydrogen) atoms. The van der Waals surface area contributed by atoms with Gasteiger partial charge in [-0.3, -0.25) is 0 Å². The maximum Gasteiger partial charge on any atom is 0.243 e. The fourth-order valence-electron chi connectivity index (χ4n) is 2.93. The highest BCUT2D eigenvalue weighted by Gasteiger charge is 2.25. The number of halogens is 1. The van der Waals surface area contributed by atoms with E-state index in [1.165, 1.54) is 31.4 Å². The molecule has 0 bridgehead atoms. The number of aromatic nitrogens is 1. The number of aromatic amines is 1. The molecule has 0 atom stereocenters. The quantitative estimate of drug-likeness (QED) is 0.313.